The van der Waals surface area contributed by atoms with Crippen molar-refractivity contribution in [3.05, 3.63) is 0 Å². The molecule has 0 amide bonds. The third-order valence-corrected chi connectivity index (χ3v) is 5.56. The van der Waals surface area contributed by atoms with Gasteiger partial charge in [-0.3, -0.25) is 0 Å². The zero-order valence-electron chi connectivity index (χ0n) is 11.1. The molecule has 0 aliphatic heterocycles. The SMILES string of the molecule is CCNS(=O)(=O)N(C)C1(CN)CCCC(C)C1. The molecule has 1 rings (SSSR count). The van der Waals surface area contributed by atoms with E-state index in [0.717, 1.165) is 25.7 Å². The van der Waals surface area contributed by atoms with Gasteiger partial charge in [0.25, 0.3) is 10.2 Å². The smallest absolute Gasteiger partial charge is 0.279 e. The molecule has 0 bridgehead atoms. The van der Waals surface area contributed by atoms with E-state index in [1.807, 2.05) is 0 Å². The minimum Gasteiger partial charge on any atom is -0.329 e. The lowest BCUT2D eigenvalue weighted by molar-refractivity contribution is 0.126. The molecule has 0 aromatic rings. The van der Waals surface area contributed by atoms with Crippen LogP contribution in [0.5, 0.6) is 0 Å². The molecule has 2 atom stereocenters. The predicted octanol–water partition coefficient (Wildman–Crippen LogP) is 0.680. The molecule has 1 fully saturated rings. The molecule has 1 aliphatic rings. The fraction of sp³-hybridized carbons (Fsp3) is 1.00. The van der Waals surface area contributed by atoms with Crippen molar-refractivity contribution in [1.82, 2.24) is 9.03 Å². The molecule has 102 valence electrons. The topological polar surface area (TPSA) is 75.4 Å². The second-order valence-corrected chi connectivity index (χ2v) is 6.89. The van der Waals surface area contributed by atoms with Gasteiger partial charge in [0.05, 0.1) is 0 Å². The monoisotopic (exact) mass is 263 g/mol. The van der Waals surface area contributed by atoms with Crippen LogP contribution in [0.1, 0.15) is 39.5 Å². The van der Waals surface area contributed by atoms with Crippen LogP contribution in [-0.2, 0) is 10.2 Å². The Morgan fingerprint density at radius 3 is 2.65 bits per heavy atom. The van der Waals surface area contributed by atoms with Gasteiger partial charge in [0.15, 0.2) is 0 Å². The van der Waals surface area contributed by atoms with Gasteiger partial charge in [0.2, 0.25) is 0 Å². The van der Waals surface area contributed by atoms with Crippen LogP contribution >= 0.6 is 0 Å². The van der Waals surface area contributed by atoms with Crippen molar-refractivity contribution in [2.45, 2.75) is 45.1 Å². The van der Waals surface area contributed by atoms with Crippen molar-refractivity contribution in [2.75, 3.05) is 20.1 Å². The van der Waals surface area contributed by atoms with Crippen molar-refractivity contribution in [3.63, 3.8) is 0 Å². The average molecular weight is 263 g/mol. The Bertz CT molecular complexity index is 345. The summed E-state index contributed by atoms with van der Waals surface area (Å²) in [5, 5.41) is 0. The third-order valence-electron chi connectivity index (χ3n) is 3.80. The summed E-state index contributed by atoms with van der Waals surface area (Å²) in [7, 11) is -1.76. The van der Waals surface area contributed by atoms with E-state index in [1.54, 1.807) is 14.0 Å². The van der Waals surface area contributed by atoms with Crippen LogP contribution in [0.15, 0.2) is 0 Å². The van der Waals surface area contributed by atoms with Gasteiger partial charge in [0, 0.05) is 25.7 Å². The fourth-order valence-electron chi connectivity index (χ4n) is 2.77. The fourth-order valence-corrected chi connectivity index (χ4v) is 4.08. The van der Waals surface area contributed by atoms with Crippen LogP contribution in [0.25, 0.3) is 0 Å². The zero-order valence-corrected chi connectivity index (χ0v) is 11.9. The molecule has 0 heterocycles. The molecule has 2 unspecified atom stereocenters. The Labute approximate surface area is 105 Å². The van der Waals surface area contributed by atoms with Gasteiger partial charge in [-0.15, -0.1) is 0 Å². The Hall–Kier alpha value is -0.170. The molecular weight excluding hydrogens is 238 g/mol. The Balaban J connectivity index is 2.93. The minimum absolute atomic E-state index is 0.387. The number of likely N-dealkylation sites (N-methyl/N-ethyl adjacent to an activating group) is 1. The first-order valence-electron chi connectivity index (χ1n) is 6.31. The maximum atomic E-state index is 12.1. The first-order valence-corrected chi connectivity index (χ1v) is 7.75. The molecule has 0 radical (unpaired) electrons. The van der Waals surface area contributed by atoms with Gasteiger partial charge in [-0.1, -0.05) is 26.7 Å². The van der Waals surface area contributed by atoms with E-state index in [0.29, 0.717) is 19.0 Å². The number of nitrogens with one attached hydrogen (secondary N) is 1. The highest BCUT2D eigenvalue weighted by atomic mass is 32.2. The maximum Gasteiger partial charge on any atom is 0.279 e. The minimum atomic E-state index is -3.40. The van der Waals surface area contributed by atoms with Crippen LogP contribution in [0, 0.1) is 5.92 Å². The zero-order chi connectivity index (χ0) is 13.1. The molecule has 0 saturated heterocycles. The number of hydrogen-bond donors (Lipinski definition) is 2. The molecule has 0 aromatic heterocycles. The molecule has 17 heavy (non-hydrogen) atoms. The lowest BCUT2D eigenvalue weighted by atomic mass is 9.76. The van der Waals surface area contributed by atoms with Crippen LogP contribution in [0.4, 0.5) is 0 Å². The third kappa shape index (κ3) is 3.19. The molecule has 1 saturated carbocycles. The van der Waals surface area contributed by atoms with Gasteiger partial charge < -0.3 is 5.73 Å². The number of nitrogens with zero attached hydrogens (tertiary/aromatic N) is 1. The van der Waals surface area contributed by atoms with E-state index in [2.05, 4.69) is 11.6 Å². The average Bonchev–Trinajstić information content (AvgIpc) is 2.27. The summed E-state index contributed by atoms with van der Waals surface area (Å²) >= 11 is 0. The van der Waals surface area contributed by atoms with Gasteiger partial charge in [-0.2, -0.15) is 12.7 Å². The van der Waals surface area contributed by atoms with Crippen LogP contribution in [-0.4, -0.2) is 38.4 Å². The number of nitrogens with two attached hydrogens (primary N) is 1. The number of hydrogen-bond acceptors (Lipinski definition) is 3. The Morgan fingerprint density at radius 2 is 2.18 bits per heavy atom. The van der Waals surface area contributed by atoms with Crippen molar-refractivity contribution < 1.29 is 8.42 Å². The van der Waals surface area contributed by atoms with Crippen molar-refractivity contribution >= 4 is 10.2 Å². The van der Waals surface area contributed by atoms with Crippen molar-refractivity contribution in [3.8, 4) is 0 Å². The van der Waals surface area contributed by atoms with Gasteiger partial charge in [-0.05, 0) is 18.8 Å². The van der Waals surface area contributed by atoms with Crippen molar-refractivity contribution in [2.24, 2.45) is 11.7 Å². The van der Waals surface area contributed by atoms with Crippen molar-refractivity contribution in [1.29, 1.82) is 0 Å². The second kappa shape index (κ2) is 5.65. The summed E-state index contributed by atoms with van der Waals surface area (Å²) in [6.45, 7) is 4.74. The standard InChI is InChI=1S/C11H25N3O2S/c1-4-13-17(15,16)14(3)11(9-12)7-5-6-10(2)8-11/h10,13H,4-9,12H2,1-3H3. The van der Waals surface area contributed by atoms with E-state index in [-0.39, 0.29) is 0 Å². The molecule has 3 N–H and O–H groups in total. The summed E-state index contributed by atoms with van der Waals surface area (Å²) < 4.78 is 28.1. The molecule has 1 aliphatic carbocycles. The second-order valence-electron chi connectivity index (χ2n) is 5.10. The van der Waals surface area contributed by atoms with E-state index in [1.165, 1.54) is 4.31 Å². The highest BCUT2D eigenvalue weighted by Crippen LogP contribution is 2.36. The molecular formula is C11H25N3O2S. The summed E-state index contributed by atoms with van der Waals surface area (Å²) in [6.07, 6.45) is 3.92. The molecule has 5 nitrogen and oxygen atoms in total. The summed E-state index contributed by atoms with van der Waals surface area (Å²) in [6, 6.07) is 0. The van der Waals surface area contributed by atoms with Crippen LogP contribution < -0.4 is 10.5 Å². The normalized spacial score (nSPS) is 30.8. The Morgan fingerprint density at radius 1 is 1.53 bits per heavy atom. The summed E-state index contributed by atoms with van der Waals surface area (Å²) in [5.41, 5.74) is 5.46. The summed E-state index contributed by atoms with van der Waals surface area (Å²) in [4.78, 5) is 0. The van der Waals surface area contributed by atoms with E-state index in [4.69, 9.17) is 5.73 Å². The highest BCUT2D eigenvalue weighted by Gasteiger charge is 2.42. The van der Waals surface area contributed by atoms with E-state index < -0.39 is 15.7 Å². The van der Waals surface area contributed by atoms with Gasteiger partial charge in [-0.25, -0.2) is 4.72 Å². The van der Waals surface area contributed by atoms with Crippen LogP contribution in [0.2, 0.25) is 0 Å². The van der Waals surface area contributed by atoms with Gasteiger partial charge >= 0.3 is 0 Å². The maximum absolute atomic E-state index is 12.1. The molecule has 0 aromatic carbocycles. The quantitative estimate of drug-likeness (QED) is 0.766. The molecule has 6 heteroatoms. The Kier molecular flexibility index (Phi) is 4.95. The largest absolute Gasteiger partial charge is 0.329 e. The predicted molar refractivity (Wildman–Crippen MR) is 69.8 cm³/mol. The van der Waals surface area contributed by atoms with Gasteiger partial charge in [0.1, 0.15) is 0 Å². The van der Waals surface area contributed by atoms with Crippen LogP contribution in [0.3, 0.4) is 0 Å². The first kappa shape index (κ1) is 14.9. The lowest BCUT2D eigenvalue weighted by Gasteiger charge is -2.44. The summed E-state index contributed by atoms with van der Waals surface area (Å²) in [5.74, 6) is 0.534. The number of rotatable bonds is 5. The van der Waals surface area contributed by atoms with E-state index >= 15 is 0 Å². The van der Waals surface area contributed by atoms with E-state index in [9.17, 15) is 8.42 Å². The first-order chi connectivity index (χ1) is 7.88. The lowest BCUT2D eigenvalue weighted by Crippen LogP contribution is -2.58. The highest BCUT2D eigenvalue weighted by molar-refractivity contribution is 7.87. The molecule has 0 spiro atoms.